The molecule has 5 fully saturated rings. The van der Waals surface area contributed by atoms with Gasteiger partial charge in [-0.2, -0.15) is 0 Å². The van der Waals surface area contributed by atoms with Gasteiger partial charge in [-0.3, -0.25) is 14.4 Å². The molecular weight excluding hydrogens is 837 g/mol. The zero-order valence-corrected chi connectivity index (χ0v) is 41.3. The number of aliphatic hydroxyl groups excluding tert-OH is 1. The SMILES string of the molecule is CCCCCC1(CCCCC)O[C@@H]2[C@@H](C=C(C(=O)N3CCC[C@@H]3C(=O)N[C@H](CO)CCC(=O)OC(C)(C)C)C[C@H]2OC(=O)c2ccc(C=C3CCC4O[C@]4(C)CC[C@@H]4[C@@H]3CC4(C)C)cc2)O1. The first-order valence-corrected chi connectivity index (χ1v) is 25.6. The van der Waals surface area contributed by atoms with E-state index >= 15 is 0 Å². The molecule has 12 nitrogen and oxygen atoms in total. The topological polar surface area (TPSA) is 153 Å². The van der Waals surface area contributed by atoms with Gasteiger partial charge in [0.15, 0.2) is 5.79 Å². The molecule has 366 valence electrons. The van der Waals surface area contributed by atoms with Crippen LogP contribution in [-0.2, 0) is 38.1 Å². The van der Waals surface area contributed by atoms with E-state index < -0.39 is 53.7 Å². The van der Waals surface area contributed by atoms with Gasteiger partial charge in [-0.05, 0) is 133 Å². The molecule has 0 radical (unpaired) electrons. The van der Waals surface area contributed by atoms with E-state index in [-0.39, 0.29) is 43.3 Å². The van der Waals surface area contributed by atoms with Gasteiger partial charge in [0.2, 0.25) is 11.8 Å². The van der Waals surface area contributed by atoms with Gasteiger partial charge in [0.25, 0.3) is 0 Å². The fourth-order valence-corrected chi connectivity index (χ4v) is 11.6. The van der Waals surface area contributed by atoms with Crippen LogP contribution in [0, 0.1) is 17.3 Å². The second kappa shape index (κ2) is 21.0. The van der Waals surface area contributed by atoms with Crippen LogP contribution in [0.25, 0.3) is 6.08 Å². The molecule has 1 aromatic carbocycles. The molecule has 3 saturated heterocycles. The summed E-state index contributed by atoms with van der Waals surface area (Å²) in [6.45, 7) is 16.8. The van der Waals surface area contributed by atoms with E-state index in [1.54, 1.807) is 25.7 Å². The number of nitrogens with zero attached hydrogens (tertiary/aromatic N) is 1. The van der Waals surface area contributed by atoms with Crippen molar-refractivity contribution in [2.24, 2.45) is 17.3 Å². The Bertz CT molecular complexity index is 1940. The van der Waals surface area contributed by atoms with Crippen molar-refractivity contribution < 1.29 is 48.0 Å². The average molecular weight is 917 g/mol. The number of likely N-dealkylation sites (tertiary alicyclic amines) is 1. The van der Waals surface area contributed by atoms with E-state index in [1.165, 1.54) is 18.4 Å². The van der Waals surface area contributed by atoms with Crippen LogP contribution < -0.4 is 5.32 Å². The van der Waals surface area contributed by atoms with E-state index in [4.69, 9.17) is 23.7 Å². The molecule has 3 heterocycles. The zero-order valence-electron chi connectivity index (χ0n) is 41.3. The molecule has 2 N–H and O–H groups in total. The summed E-state index contributed by atoms with van der Waals surface area (Å²) in [5, 5.41) is 13.0. The van der Waals surface area contributed by atoms with E-state index in [0.29, 0.717) is 66.7 Å². The maximum absolute atomic E-state index is 14.6. The summed E-state index contributed by atoms with van der Waals surface area (Å²) in [4.78, 5) is 56.5. The lowest BCUT2D eigenvalue weighted by molar-refractivity contribution is -0.190. The number of carbonyl (C=O) groups excluding carboxylic acids is 4. The lowest BCUT2D eigenvalue weighted by Crippen LogP contribution is -2.51. The van der Waals surface area contributed by atoms with Crippen LogP contribution in [0.3, 0.4) is 0 Å². The summed E-state index contributed by atoms with van der Waals surface area (Å²) in [5.74, 6) is -1.25. The van der Waals surface area contributed by atoms with Gasteiger partial charge in [0.05, 0.1) is 29.9 Å². The first-order valence-electron chi connectivity index (χ1n) is 25.6. The number of allylic oxidation sites excluding steroid dienone is 1. The van der Waals surface area contributed by atoms with Gasteiger partial charge >= 0.3 is 11.9 Å². The van der Waals surface area contributed by atoms with Crippen LogP contribution in [0.4, 0.5) is 0 Å². The molecule has 3 aliphatic carbocycles. The Kier molecular flexibility index (Phi) is 16.0. The van der Waals surface area contributed by atoms with Crippen LogP contribution in [0.2, 0.25) is 0 Å². The number of fused-ring (bicyclic) bond motifs is 3. The molecular formula is C54H80N2O10. The molecule has 0 spiro atoms. The molecule has 9 atom stereocenters. The predicted molar refractivity (Wildman–Crippen MR) is 253 cm³/mol. The van der Waals surface area contributed by atoms with Gasteiger partial charge in [-0.1, -0.05) is 77.2 Å². The third-order valence-electron chi connectivity index (χ3n) is 15.4. The molecule has 1 aromatic rings. The summed E-state index contributed by atoms with van der Waals surface area (Å²) >= 11 is 0. The Morgan fingerprint density at radius 3 is 2.32 bits per heavy atom. The highest BCUT2D eigenvalue weighted by Crippen LogP contribution is 2.60. The number of benzene rings is 1. The quantitative estimate of drug-likeness (QED) is 0.0827. The number of epoxide rings is 1. The second-order valence-electron chi connectivity index (χ2n) is 22.2. The highest BCUT2D eigenvalue weighted by Gasteiger charge is 2.56. The van der Waals surface area contributed by atoms with Crippen molar-refractivity contribution >= 4 is 29.8 Å². The fourth-order valence-electron chi connectivity index (χ4n) is 11.6. The maximum atomic E-state index is 14.6. The smallest absolute Gasteiger partial charge is 0.338 e. The largest absolute Gasteiger partial charge is 0.460 e. The van der Waals surface area contributed by atoms with Crippen LogP contribution in [0.1, 0.15) is 187 Å². The van der Waals surface area contributed by atoms with Crippen molar-refractivity contribution in [3.8, 4) is 0 Å². The number of nitrogens with one attached hydrogen (secondary N) is 1. The monoisotopic (exact) mass is 917 g/mol. The minimum absolute atomic E-state index is 0.0293. The van der Waals surface area contributed by atoms with Crippen LogP contribution >= 0.6 is 0 Å². The lowest BCUT2D eigenvalue weighted by Gasteiger charge is -2.53. The van der Waals surface area contributed by atoms with E-state index in [9.17, 15) is 24.3 Å². The summed E-state index contributed by atoms with van der Waals surface area (Å²) < 4.78 is 31.8. The van der Waals surface area contributed by atoms with Gasteiger partial charge in [0.1, 0.15) is 30.0 Å². The number of hydrogen-bond donors (Lipinski definition) is 2. The fraction of sp³-hybridized carbons (Fsp3) is 0.741. The first kappa shape index (κ1) is 50.3. The van der Waals surface area contributed by atoms with E-state index in [2.05, 4.69) is 46.0 Å². The third kappa shape index (κ3) is 12.0. The molecule has 6 aliphatic rings. The number of aliphatic hydroxyl groups is 1. The van der Waals surface area contributed by atoms with Crippen molar-refractivity contribution in [1.29, 1.82) is 0 Å². The Hall–Kier alpha value is -3.58. The number of rotatable bonds is 18. The Morgan fingerprint density at radius 1 is 0.955 bits per heavy atom. The van der Waals surface area contributed by atoms with Crippen molar-refractivity contribution in [3.05, 3.63) is 52.6 Å². The zero-order chi connectivity index (χ0) is 47.4. The minimum atomic E-state index is -0.863. The first-order chi connectivity index (χ1) is 31.4. The number of hydrogen-bond acceptors (Lipinski definition) is 10. The van der Waals surface area contributed by atoms with Gasteiger partial charge in [-0.15, -0.1) is 0 Å². The molecule has 2 saturated carbocycles. The van der Waals surface area contributed by atoms with Gasteiger partial charge in [0, 0.05) is 37.8 Å². The molecule has 66 heavy (non-hydrogen) atoms. The van der Waals surface area contributed by atoms with E-state index in [1.807, 2.05) is 30.3 Å². The summed E-state index contributed by atoms with van der Waals surface area (Å²) in [6.07, 6.45) is 16.9. The van der Waals surface area contributed by atoms with Gasteiger partial charge in [-0.25, -0.2) is 4.79 Å². The van der Waals surface area contributed by atoms with Crippen molar-refractivity contribution in [2.75, 3.05) is 13.2 Å². The number of amides is 2. The molecule has 0 bridgehead atoms. The average Bonchev–Trinajstić information content (AvgIpc) is 3.54. The molecule has 2 amide bonds. The van der Waals surface area contributed by atoms with Crippen molar-refractivity contribution in [1.82, 2.24) is 10.2 Å². The molecule has 7 rings (SSSR count). The predicted octanol–water partition coefficient (Wildman–Crippen LogP) is 9.55. The number of ether oxygens (including phenoxy) is 5. The lowest BCUT2D eigenvalue weighted by atomic mass is 9.52. The molecule has 12 heteroatoms. The van der Waals surface area contributed by atoms with Crippen molar-refractivity contribution in [3.63, 3.8) is 0 Å². The maximum Gasteiger partial charge on any atom is 0.338 e. The van der Waals surface area contributed by atoms with Crippen LogP contribution in [0.15, 0.2) is 41.5 Å². The second-order valence-corrected chi connectivity index (χ2v) is 22.2. The van der Waals surface area contributed by atoms with E-state index in [0.717, 1.165) is 63.4 Å². The highest BCUT2D eigenvalue weighted by atomic mass is 16.8. The van der Waals surface area contributed by atoms with Gasteiger partial charge < -0.3 is 39.0 Å². The minimum Gasteiger partial charge on any atom is -0.460 e. The number of esters is 2. The van der Waals surface area contributed by atoms with Crippen LogP contribution in [0.5, 0.6) is 0 Å². The third-order valence-corrected chi connectivity index (χ3v) is 15.4. The molecule has 1 unspecified atom stereocenters. The highest BCUT2D eigenvalue weighted by molar-refractivity contribution is 5.98. The van der Waals surface area contributed by atoms with Crippen molar-refractivity contribution in [2.45, 2.75) is 224 Å². The number of unbranched alkanes of at least 4 members (excludes halogenated alkanes) is 4. The molecule has 3 aliphatic heterocycles. The Labute approximate surface area is 394 Å². The summed E-state index contributed by atoms with van der Waals surface area (Å²) in [5.41, 5.74) is 3.09. The number of carbonyl (C=O) groups is 4. The summed E-state index contributed by atoms with van der Waals surface area (Å²) in [7, 11) is 0. The Morgan fingerprint density at radius 2 is 1.67 bits per heavy atom. The van der Waals surface area contributed by atoms with Crippen LogP contribution in [-0.4, -0.2) is 100 Å². The standard InChI is InChI=1S/C54H80N2O10/c1-9-11-13-26-54(27-14-12-10-2)63-44-32-38(49(60)56-29-15-16-42(56)48(59)55-39(34-57)22-24-46(58)65-51(3,4)5)31-43(47(44)66-54)62-50(61)36-19-17-35(18-20-36)30-37-21-23-45-53(8,64-45)28-25-41-40(37)33-52(41,6)7/h17-20,30,32,39-45,47,57H,9-16,21-29,31,33-34H2,1-8H3,(H,55,59)/t39-,40+,41+,42+,43+,44+,45?,47-,53+/m0/s1. The molecule has 0 aromatic heterocycles. The Balaban J connectivity index is 1.07. The normalized spacial score (nSPS) is 30.9. The summed E-state index contributed by atoms with van der Waals surface area (Å²) in [6, 6.07) is 6.24.